The summed E-state index contributed by atoms with van der Waals surface area (Å²) in [6, 6.07) is 6.00. The maximum Gasteiger partial charge on any atom is 0.0519 e. The van der Waals surface area contributed by atoms with E-state index in [9.17, 15) is 0 Å². The molecule has 1 aromatic rings. The van der Waals surface area contributed by atoms with Gasteiger partial charge in [-0.3, -0.25) is 4.98 Å². The third-order valence-corrected chi connectivity index (χ3v) is 10.6. The summed E-state index contributed by atoms with van der Waals surface area (Å²) in [5.74, 6) is 5.85. The fourth-order valence-corrected chi connectivity index (χ4v) is 9.16. The second-order valence-electron chi connectivity index (χ2n) is 13.8. The van der Waals surface area contributed by atoms with Gasteiger partial charge in [0.25, 0.3) is 0 Å². The summed E-state index contributed by atoms with van der Waals surface area (Å²) in [7, 11) is 0. The fourth-order valence-electron chi connectivity index (χ4n) is 9.16. The van der Waals surface area contributed by atoms with Gasteiger partial charge in [-0.1, -0.05) is 80.0 Å². The molecule has 238 valence electrons. The Balaban J connectivity index is 0.000000467. The minimum atomic E-state index is 0.450. The van der Waals surface area contributed by atoms with Crippen LogP contribution in [0.3, 0.4) is 0 Å². The maximum atomic E-state index is 5.86. The molecular formula is C39H71NO. The van der Waals surface area contributed by atoms with Crippen molar-refractivity contribution in [2.45, 2.75) is 147 Å². The first-order valence-corrected chi connectivity index (χ1v) is 17.7. The number of aryl methyl sites for hydroxylation is 2. The topological polar surface area (TPSA) is 22.1 Å². The van der Waals surface area contributed by atoms with Gasteiger partial charge in [0.1, 0.15) is 0 Å². The molecule has 1 heterocycles. The van der Waals surface area contributed by atoms with E-state index < -0.39 is 0 Å². The van der Waals surface area contributed by atoms with Gasteiger partial charge >= 0.3 is 0 Å². The standard InChI is InChI=1S/C25H42O.C7H9N.C3H8.2C2H6/c1-6-26-16-24(4)13-11-19-18(15-24)7-8-21-20(19)12-14-25(5)22(17(2)3)9-10-23(21)25;1-6-4-3-5-7(2)8-6;1-3-2;2*1-2/h18-23H,2,6-16H2,1,3-5H3;3-5H,1-2H3;3H2,1-2H3;2*1-2H3/t18?,19?,20?,21?,22?,23?,24-,25?;;;;/m0..../s1. The molecular weight excluding hydrogens is 498 g/mol. The number of hydrogen-bond acceptors (Lipinski definition) is 2. The Labute approximate surface area is 257 Å². The van der Waals surface area contributed by atoms with E-state index >= 15 is 0 Å². The van der Waals surface area contributed by atoms with Crippen LogP contribution in [0.5, 0.6) is 0 Å². The van der Waals surface area contributed by atoms with E-state index in [4.69, 9.17) is 4.74 Å². The SMILES string of the molecule is C=C(C)C1CCC2C3CCC4C[C@@](C)(COCC)CCC4C3CCC12C.CC.CC.CCC.Cc1cccc(C)n1. The third kappa shape index (κ3) is 9.94. The zero-order valence-electron chi connectivity index (χ0n) is 29.7. The molecule has 41 heavy (non-hydrogen) atoms. The van der Waals surface area contributed by atoms with E-state index in [1.54, 1.807) is 0 Å². The van der Waals surface area contributed by atoms with Crippen LogP contribution < -0.4 is 0 Å². The van der Waals surface area contributed by atoms with Gasteiger partial charge in [0.2, 0.25) is 0 Å². The van der Waals surface area contributed by atoms with Crippen molar-refractivity contribution < 1.29 is 4.74 Å². The van der Waals surface area contributed by atoms with E-state index in [0.29, 0.717) is 10.8 Å². The fraction of sp³-hybridized carbons (Fsp3) is 0.821. The number of ether oxygens (including phenoxy) is 1. The number of aromatic nitrogens is 1. The highest BCUT2D eigenvalue weighted by atomic mass is 16.5. The highest BCUT2D eigenvalue weighted by Crippen LogP contribution is 2.65. The summed E-state index contributed by atoms with van der Waals surface area (Å²) < 4.78 is 5.86. The lowest BCUT2D eigenvalue weighted by atomic mass is 9.48. The number of pyridine rings is 1. The van der Waals surface area contributed by atoms with Crippen molar-refractivity contribution in [1.29, 1.82) is 0 Å². The normalized spacial score (nSPS) is 34.6. The lowest BCUT2D eigenvalue weighted by Gasteiger charge is -2.57. The first kappa shape index (κ1) is 37.9. The third-order valence-electron chi connectivity index (χ3n) is 10.6. The molecule has 2 heteroatoms. The molecule has 0 aromatic carbocycles. The van der Waals surface area contributed by atoms with E-state index in [1.807, 2.05) is 59.7 Å². The predicted molar refractivity (Wildman–Crippen MR) is 182 cm³/mol. The van der Waals surface area contributed by atoms with Crippen LogP contribution in [0.1, 0.15) is 145 Å². The second kappa shape index (κ2) is 18.5. The molecule has 7 unspecified atom stereocenters. The number of nitrogens with zero attached hydrogens (tertiary/aromatic N) is 1. The molecule has 4 aliphatic carbocycles. The first-order chi connectivity index (χ1) is 19.6. The molecule has 2 nitrogen and oxygen atoms in total. The van der Waals surface area contributed by atoms with Gasteiger partial charge in [0.15, 0.2) is 0 Å². The second-order valence-corrected chi connectivity index (χ2v) is 13.8. The van der Waals surface area contributed by atoms with E-state index in [-0.39, 0.29) is 0 Å². The molecule has 8 atom stereocenters. The Morgan fingerprint density at radius 2 is 1.44 bits per heavy atom. The molecule has 0 saturated heterocycles. The van der Waals surface area contributed by atoms with Gasteiger partial charge in [-0.2, -0.15) is 0 Å². The van der Waals surface area contributed by atoms with E-state index in [2.05, 4.69) is 53.1 Å². The molecule has 1 aromatic heterocycles. The monoisotopic (exact) mass is 570 g/mol. The molecule has 4 aliphatic rings. The summed E-state index contributed by atoms with van der Waals surface area (Å²) in [5.41, 5.74) is 4.66. The van der Waals surface area contributed by atoms with Crippen LogP contribution in [-0.4, -0.2) is 18.2 Å². The number of hydrogen-bond donors (Lipinski definition) is 0. The lowest BCUT2D eigenvalue weighted by molar-refractivity contribution is -0.0859. The van der Waals surface area contributed by atoms with Crippen LogP contribution in [0.15, 0.2) is 30.4 Å². The smallest absolute Gasteiger partial charge is 0.0519 e. The van der Waals surface area contributed by atoms with Crippen LogP contribution in [0.2, 0.25) is 0 Å². The zero-order chi connectivity index (χ0) is 31.2. The highest BCUT2D eigenvalue weighted by Gasteiger charge is 2.57. The van der Waals surface area contributed by atoms with Crippen LogP contribution in [0, 0.1) is 60.2 Å². The van der Waals surface area contributed by atoms with Gasteiger partial charge in [0.05, 0.1) is 6.61 Å². The zero-order valence-corrected chi connectivity index (χ0v) is 29.7. The lowest BCUT2D eigenvalue weighted by Crippen LogP contribution is -2.50. The Morgan fingerprint density at radius 1 is 0.854 bits per heavy atom. The molecule has 4 saturated carbocycles. The molecule has 0 N–H and O–H groups in total. The average Bonchev–Trinajstić information content (AvgIpc) is 3.32. The summed E-state index contributed by atoms with van der Waals surface area (Å²) >= 11 is 0. The van der Waals surface area contributed by atoms with Crippen molar-refractivity contribution in [3.05, 3.63) is 41.7 Å². The summed E-state index contributed by atoms with van der Waals surface area (Å²) in [4.78, 5) is 4.17. The van der Waals surface area contributed by atoms with Crippen LogP contribution in [-0.2, 0) is 4.74 Å². The van der Waals surface area contributed by atoms with Crippen molar-refractivity contribution in [1.82, 2.24) is 4.98 Å². The van der Waals surface area contributed by atoms with Gasteiger partial charge in [-0.15, -0.1) is 0 Å². The Kier molecular flexibility index (Phi) is 17.1. The molecule has 0 spiro atoms. The minimum Gasteiger partial charge on any atom is -0.381 e. The van der Waals surface area contributed by atoms with Crippen LogP contribution in [0.25, 0.3) is 0 Å². The predicted octanol–water partition coefficient (Wildman–Crippen LogP) is 12.0. The maximum absolute atomic E-state index is 5.86. The molecule has 0 amide bonds. The van der Waals surface area contributed by atoms with E-state index in [0.717, 1.165) is 60.1 Å². The van der Waals surface area contributed by atoms with Crippen molar-refractivity contribution in [3.8, 4) is 0 Å². The average molecular weight is 570 g/mol. The number of rotatable bonds is 4. The summed E-state index contributed by atoms with van der Waals surface area (Å²) in [5, 5.41) is 0. The first-order valence-electron chi connectivity index (χ1n) is 17.7. The number of fused-ring (bicyclic) bond motifs is 5. The van der Waals surface area contributed by atoms with Crippen LogP contribution in [0.4, 0.5) is 0 Å². The molecule has 0 radical (unpaired) electrons. The van der Waals surface area contributed by atoms with Crippen molar-refractivity contribution >= 4 is 0 Å². The molecule has 4 fully saturated rings. The van der Waals surface area contributed by atoms with Crippen LogP contribution >= 0.6 is 0 Å². The van der Waals surface area contributed by atoms with Crippen molar-refractivity contribution in [3.63, 3.8) is 0 Å². The minimum absolute atomic E-state index is 0.450. The van der Waals surface area contributed by atoms with Gasteiger partial charge in [-0.05, 0) is 144 Å². The van der Waals surface area contributed by atoms with Gasteiger partial charge in [-0.25, -0.2) is 0 Å². The Bertz CT molecular complexity index is 846. The van der Waals surface area contributed by atoms with Crippen molar-refractivity contribution in [2.24, 2.45) is 46.3 Å². The molecule has 5 rings (SSSR count). The van der Waals surface area contributed by atoms with Gasteiger partial charge in [0, 0.05) is 18.0 Å². The summed E-state index contributed by atoms with van der Waals surface area (Å²) in [6.07, 6.45) is 14.4. The Hall–Kier alpha value is -1.15. The van der Waals surface area contributed by atoms with E-state index in [1.165, 1.54) is 69.8 Å². The van der Waals surface area contributed by atoms with Crippen molar-refractivity contribution in [2.75, 3.05) is 13.2 Å². The summed E-state index contributed by atoms with van der Waals surface area (Å²) in [6.45, 7) is 32.0. The number of allylic oxidation sites excluding steroid dienone is 1. The molecule has 0 bridgehead atoms. The Morgan fingerprint density at radius 3 is 1.95 bits per heavy atom. The quantitative estimate of drug-likeness (QED) is 0.336. The van der Waals surface area contributed by atoms with Gasteiger partial charge < -0.3 is 4.74 Å². The highest BCUT2D eigenvalue weighted by molar-refractivity contribution is 5.14. The molecule has 0 aliphatic heterocycles. The largest absolute Gasteiger partial charge is 0.381 e.